The van der Waals surface area contributed by atoms with Crippen LogP contribution < -0.4 is 5.32 Å². The molecule has 116 valence electrons. The van der Waals surface area contributed by atoms with Gasteiger partial charge in [-0.25, -0.2) is 0 Å². The highest BCUT2D eigenvalue weighted by atomic mass is 19.4. The largest absolute Gasteiger partial charge is 0.508 e. The molecule has 0 aromatic heterocycles. The Morgan fingerprint density at radius 2 is 1.95 bits per heavy atom. The van der Waals surface area contributed by atoms with Gasteiger partial charge in [0.1, 0.15) is 5.75 Å². The second-order valence-electron chi connectivity index (χ2n) is 6.24. The van der Waals surface area contributed by atoms with Crippen molar-refractivity contribution in [1.82, 2.24) is 5.32 Å². The van der Waals surface area contributed by atoms with E-state index in [1.807, 2.05) is 6.07 Å². The van der Waals surface area contributed by atoms with E-state index < -0.39 is 12.1 Å². The standard InChI is InChI=1S/C16H20F3NO/c17-16(18,19)11-2-1-3-12(9-11)20-15-7-4-10-8-13(21)5-6-14(10)15/h5-6,8,11-12,15,20-21H,1-4,7,9H2. The molecule has 2 aliphatic carbocycles. The molecule has 2 nitrogen and oxygen atoms in total. The van der Waals surface area contributed by atoms with Crippen molar-refractivity contribution < 1.29 is 18.3 Å². The van der Waals surface area contributed by atoms with Crippen LogP contribution in [0.1, 0.15) is 49.3 Å². The molecule has 2 N–H and O–H groups in total. The molecule has 0 radical (unpaired) electrons. The first-order valence-corrected chi connectivity index (χ1v) is 7.58. The molecule has 1 saturated carbocycles. The lowest BCUT2D eigenvalue weighted by Gasteiger charge is -2.33. The SMILES string of the molecule is Oc1ccc2c(c1)CCC2NC1CCCC(C(F)(F)F)C1. The first-order valence-electron chi connectivity index (χ1n) is 7.58. The predicted octanol–water partition coefficient (Wildman–Crippen LogP) is 4.09. The summed E-state index contributed by atoms with van der Waals surface area (Å²) in [6.45, 7) is 0. The fourth-order valence-corrected chi connectivity index (χ4v) is 3.70. The molecule has 0 amide bonds. The number of benzene rings is 1. The van der Waals surface area contributed by atoms with Gasteiger partial charge in [0.25, 0.3) is 0 Å². The maximum Gasteiger partial charge on any atom is 0.391 e. The molecule has 2 aliphatic rings. The van der Waals surface area contributed by atoms with Gasteiger partial charge < -0.3 is 10.4 Å². The van der Waals surface area contributed by atoms with Crippen LogP contribution in [0.4, 0.5) is 13.2 Å². The Balaban J connectivity index is 1.66. The number of aromatic hydroxyl groups is 1. The molecule has 0 heterocycles. The van der Waals surface area contributed by atoms with E-state index in [-0.39, 0.29) is 30.7 Å². The minimum atomic E-state index is -4.07. The van der Waals surface area contributed by atoms with Crippen LogP contribution in [0.25, 0.3) is 0 Å². The monoisotopic (exact) mass is 299 g/mol. The molecule has 3 unspecified atom stereocenters. The number of hydrogen-bond acceptors (Lipinski definition) is 2. The first kappa shape index (κ1) is 14.7. The van der Waals surface area contributed by atoms with Crippen LogP contribution in [0.2, 0.25) is 0 Å². The summed E-state index contributed by atoms with van der Waals surface area (Å²) >= 11 is 0. The Bertz CT molecular complexity index is 515. The lowest BCUT2D eigenvalue weighted by Crippen LogP contribution is -2.40. The van der Waals surface area contributed by atoms with Crippen LogP contribution in [0.3, 0.4) is 0 Å². The van der Waals surface area contributed by atoms with Crippen molar-refractivity contribution in [3.8, 4) is 5.75 Å². The normalized spacial score (nSPS) is 29.4. The average Bonchev–Trinajstić information content (AvgIpc) is 2.80. The zero-order chi connectivity index (χ0) is 15.0. The number of phenolic OH excluding ortho intramolecular Hbond substituents is 1. The summed E-state index contributed by atoms with van der Waals surface area (Å²) in [4.78, 5) is 0. The molecule has 5 heteroatoms. The predicted molar refractivity (Wildman–Crippen MR) is 74.1 cm³/mol. The van der Waals surface area contributed by atoms with Gasteiger partial charge >= 0.3 is 6.18 Å². The molecule has 1 aromatic carbocycles. The van der Waals surface area contributed by atoms with Crippen molar-refractivity contribution in [2.45, 2.75) is 56.8 Å². The van der Waals surface area contributed by atoms with Crippen LogP contribution >= 0.6 is 0 Å². The van der Waals surface area contributed by atoms with Gasteiger partial charge in [-0.2, -0.15) is 13.2 Å². The lowest BCUT2D eigenvalue weighted by atomic mass is 9.84. The number of fused-ring (bicyclic) bond motifs is 1. The molecular formula is C16H20F3NO. The molecule has 3 atom stereocenters. The summed E-state index contributed by atoms with van der Waals surface area (Å²) in [6.07, 6.45) is -0.403. The molecule has 0 spiro atoms. The van der Waals surface area contributed by atoms with E-state index in [1.54, 1.807) is 12.1 Å². The van der Waals surface area contributed by atoms with E-state index in [4.69, 9.17) is 0 Å². The summed E-state index contributed by atoms with van der Waals surface area (Å²) in [5, 5.41) is 12.9. The number of nitrogens with one attached hydrogen (secondary N) is 1. The third-order valence-corrected chi connectivity index (χ3v) is 4.78. The van der Waals surface area contributed by atoms with Gasteiger partial charge in [-0.05, 0) is 55.4 Å². The zero-order valence-electron chi connectivity index (χ0n) is 11.8. The Labute approximate surface area is 122 Å². The smallest absolute Gasteiger partial charge is 0.391 e. The summed E-state index contributed by atoms with van der Waals surface area (Å²) in [7, 11) is 0. The quantitative estimate of drug-likeness (QED) is 0.862. The lowest BCUT2D eigenvalue weighted by molar-refractivity contribution is -0.183. The third kappa shape index (κ3) is 3.18. The van der Waals surface area contributed by atoms with Crippen molar-refractivity contribution in [3.05, 3.63) is 29.3 Å². The Morgan fingerprint density at radius 1 is 1.14 bits per heavy atom. The number of rotatable bonds is 2. The van der Waals surface area contributed by atoms with Gasteiger partial charge in [0, 0.05) is 12.1 Å². The topological polar surface area (TPSA) is 32.3 Å². The van der Waals surface area contributed by atoms with Crippen LogP contribution in [0.15, 0.2) is 18.2 Å². The summed E-state index contributed by atoms with van der Waals surface area (Å²) in [5.74, 6) is -0.909. The second kappa shape index (κ2) is 5.52. The molecule has 3 rings (SSSR count). The maximum absolute atomic E-state index is 12.9. The number of halogens is 3. The number of hydrogen-bond donors (Lipinski definition) is 2. The Morgan fingerprint density at radius 3 is 2.71 bits per heavy atom. The zero-order valence-corrected chi connectivity index (χ0v) is 11.8. The van der Waals surface area contributed by atoms with E-state index in [0.29, 0.717) is 6.42 Å². The van der Waals surface area contributed by atoms with Crippen molar-refractivity contribution in [2.24, 2.45) is 5.92 Å². The highest BCUT2D eigenvalue weighted by molar-refractivity contribution is 5.40. The molecule has 0 saturated heterocycles. The van der Waals surface area contributed by atoms with E-state index in [9.17, 15) is 18.3 Å². The number of phenols is 1. The minimum Gasteiger partial charge on any atom is -0.508 e. The molecular weight excluding hydrogens is 279 g/mol. The minimum absolute atomic E-state index is 0.0601. The Kier molecular flexibility index (Phi) is 3.86. The Hall–Kier alpha value is -1.23. The second-order valence-corrected chi connectivity index (χ2v) is 6.24. The summed E-state index contributed by atoms with van der Waals surface area (Å²) in [6, 6.07) is 5.36. The van der Waals surface area contributed by atoms with Crippen molar-refractivity contribution in [1.29, 1.82) is 0 Å². The van der Waals surface area contributed by atoms with Gasteiger partial charge in [-0.1, -0.05) is 12.5 Å². The molecule has 0 bridgehead atoms. The van der Waals surface area contributed by atoms with Crippen LogP contribution in [-0.2, 0) is 6.42 Å². The van der Waals surface area contributed by atoms with Gasteiger partial charge in [-0.15, -0.1) is 0 Å². The van der Waals surface area contributed by atoms with E-state index in [1.165, 1.54) is 0 Å². The fourth-order valence-electron chi connectivity index (χ4n) is 3.70. The molecule has 0 aliphatic heterocycles. The molecule has 1 aromatic rings. The van der Waals surface area contributed by atoms with Crippen LogP contribution in [0, 0.1) is 5.92 Å². The van der Waals surface area contributed by atoms with E-state index >= 15 is 0 Å². The van der Waals surface area contributed by atoms with E-state index in [2.05, 4.69) is 5.32 Å². The highest BCUT2D eigenvalue weighted by Gasteiger charge is 2.42. The highest BCUT2D eigenvalue weighted by Crippen LogP contribution is 2.39. The van der Waals surface area contributed by atoms with Gasteiger partial charge in [0.15, 0.2) is 0 Å². The first-order chi connectivity index (χ1) is 9.93. The molecule has 1 fully saturated rings. The van der Waals surface area contributed by atoms with Crippen molar-refractivity contribution in [3.63, 3.8) is 0 Å². The number of aryl methyl sites for hydroxylation is 1. The van der Waals surface area contributed by atoms with Gasteiger partial charge in [0.05, 0.1) is 5.92 Å². The average molecular weight is 299 g/mol. The van der Waals surface area contributed by atoms with Crippen LogP contribution in [-0.4, -0.2) is 17.3 Å². The summed E-state index contributed by atoms with van der Waals surface area (Å²) < 4.78 is 38.6. The van der Waals surface area contributed by atoms with Crippen molar-refractivity contribution in [2.75, 3.05) is 0 Å². The van der Waals surface area contributed by atoms with Gasteiger partial charge in [0.2, 0.25) is 0 Å². The van der Waals surface area contributed by atoms with Crippen molar-refractivity contribution >= 4 is 0 Å². The maximum atomic E-state index is 12.9. The molecule has 21 heavy (non-hydrogen) atoms. The fraction of sp³-hybridized carbons (Fsp3) is 0.625. The number of alkyl halides is 3. The van der Waals surface area contributed by atoms with E-state index in [0.717, 1.165) is 30.4 Å². The van der Waals surface area contributed by atoms with Gasteiger partial charge in [-0.3, -0.25) is 0 Å². The third-order valence-electron chi connectivity index (χ3n) is 4.78. The van der Waals surface area contributed by atoms with Crippen LogP contribution in [0.5, 0.6) is 5.75 Å². The summed E-state index contributed by atoms with van der Waals surface area (Å²) in [5.41, 5.74) is 2.23.